The van der Waals surface area contributed by atoms with Gasteiger partial charge < -0.3 is 19.3 Å². The second kappa shape index (κ2) is 4.16. The third-order valence-electron chi connectivity index (χ3n) is 1.86. The van der Waals surface area contributed by atoms with Gasteiger partial charge in [-0.1, -0.05) is 0 Å². The SMILES string of the molecule is CCOC(=O)[C@H]1OC(C)(C)O[C@@H]1C(=O)O. The number of hydrogen-bond acceptors (Lipinski definition) is 5. The Morgan fingerprint density at radius 1 is 1.33 bits per heavy atom. The Morgan fingerprint density at radius 3 is 2.33 bits per heavy atom. The molecule has 0 unspecified atom stereocenters. The quantitative estimate of drug-likeness (QED) is 0.679. The van der Waals surface area contributed by atoms with E-state index in [0.29, 0.717) is 0 Å². The van der Waals surface area contributed by atoms with Gasteiger partial charge in [0, 0.05) is 0 Å². The van der Waals surface area contributed by atoms with Crippen LogP contribution >= 0.6 is 0 Å². The van der Waals surface area contributed by atoms with Gasteiger partial charge in [0.2, 0.25) is 0 Å². The molecule has 6 nitrogen and oxygen atoms in total. The molecule has 1 saturated heterocycles. The zero-order valence-corrected chi connectivity index (χ0v) is 8.85. The maximum Gasteiger partial charge on any atom is 0.338 e. The summed E-state index contributed by atoms with van der Waals surface area (Å²) in [5.41, 5.74) is 0. The zero-order chi connectivity index (χ0) is 11.6. The summed E-state index contributed by atoms with van der Waals surface area (Å²) in [5.74, 6) is -3.03. The van der Waals surface area contributed by atoms with Gasteiger partial charge in [-0.3, -0.25) is 0 Å². The molecule has 1 aliphatic heterocycles. The van der Waals surface area contributed by atoms with Crippen molar-refractivity contribution in [3.8, 4) is 0 Å². The van der Waals surface area contributed by atoms with Gasteiger partial charge in [-0.05, 0) is 20.8 Å². The molecule has 1 aliphatic rings. The molecule has 2 atom stereocenters. The van der Waals surface area contributed by atoms with E-state index in [1.54, 1.807) is 20.8 Å². The van der Waals surface area contributed by atoms with Crippen LogP contribution in [0.4, 0.5) is 0 Å². The van der Waals surface area contributed by atoms with Crippen molar-refractivity contribution in [3.63, 3.8) is 0 Å². The van der Waals surface area contributed by atoms with Crippen LogP contribution in [-0.4, -0.2) is 41.6 Å². The topological polar surface area (TPSA) is 82.1 Å². The number of hydrogen-bond donors (Lipinski definition) is 1. The Labute approximate surface area is 87.1 Å². The van der Waals surface area contributed by atoms with Gasteiger partial charge in [-0.2, -0.15) is 0 Å². The maximum atomic E-state index is 11.4. The lowest BCUT2D eigenvalue weighted by molar-refractivity contribution is -0.171. The van der Waals surface area contributed by atoms with Crippen LogP contribution < -0.4 is 0 Å². The summed E-state index contributed by atoms with van der Waals surface area (Å²) < 4.78 is 14.9. The first-order chi connectivity index (χ1) is 6.87. The van der Waals surface area contributed by atoms with E-state index >= 15 is 0 Å². The van der Waals surface area contributed by atoms with E-state index in [4.69, 9.17) is 19.3 Å². The Bertz CT molecular complexity index is 272. The molecular weight excluding hydrogens is 204 g/mol. The molecule has 1 rings (SSSR count). The van der Waals surface area contributed by atoms with Crippen molar-refractivity contribution in [1.82, 2.24) is 0 Å². The first-order valence-electron chi connectivity index (χ1n) is 4.62. The van der Waals surface area contributed by atoms with E-state index in [9.17, 15) is 9.59 Å². The minimum absolute atomic E-state index is 0.172. The molecule has 0 aromatic heterocycles. The molecule has 1 N–H and O–H groups in total. The van der Waals surface area contributed by atoms with Crippen molar-refractivity contribution < 1.29 is 28.9 Å². The first-order valence-corrected chi connectivity index (χ1v) is 4.62. The lowest BCUT2D eigenvalue weighted by Crippen LogP contribution is -2.38. The van der Waals surface area contributed by atoms with Crippen molar-refractivity contribution >= 4 is 11.9 Å². The minimum atomic E-state index is -1.31. The number of ether oxygens (including phenoxy) is 3. The number of carbonyl (C=O) groups is 2. The molecule has 0 aliphatic carbocycles. The summed E-state index contributed by atoms with van der Waals surface area (Å²) in [4.78, 5) is 22.2. The molecule has 86 valence electrons. The van der Waals surface area contributed by atoms with Crippen molar-refractivity contribution in [3.05, 3.63) is 0 Å². The van der Waals surface area contributed by atoms with Crippen LogP contribution in [0.25, 0.3) is 0 Å². The monoisotopic (exact) mass is 218 g/mol. The third-order valence-corrected chi connectivity index (χ3v) is 1.86. The van der Waals surface area contributed by atoms with Crippen LogP contribution in [0.5, 0.6) is 0 Å². The number of carboxylic acid groups (broad SMARTS) is 1. The Kier molecular flexibility index (Phi) is 3.31. The molecule has 0 spiro atoms. The molecule has 15 heavy (non-hydrogen) atoms. The highest BCUT2D eigenvalue weighted by Gasteiger charge is 2.49. The van der Waals surface area contributed by atoms with E-state index in [0.717, 1.165) is 0 Å². The lowest BCUT2D eigenvalue weighted by atomic mass is 10.2. The van der Waals surface area contributed by atoms with Gasteiger partial charge in [-0.15, -0.1) is 0 Å². The van der Waals surface area contributed by atoms with E-state index < -0.39 is 29.9 Å². The Balaban J connectivity index is 2.77. The van der Waals surface area contributed by atoms with Crippen LogP contribution in [-0.2, 0) is 23.8 Å². The van der Waals surface area contributed by atoms with E-state index in [-0.39, 0.29) is 6.61 Å². The molecule has 0 amide bonds. The fraction of sp³-hybridized carbons (Fsp3) is 0.778. The van der Waals surface area contributed by atoms with Crippen molar-refractivity contribution in [2.24, 2.45) is 0 Å². The second-order valence-corrected chi connectivity index (χ2v) is 3.57. The van der Waals surface area contributed by atoms with E-state index in [1.807, 2.05) is 0 Å². The summed E-state index contributed by atoms with van der Waals surface area (Å²) in [6.45, 7) is 4.89. The van der Waals surface area contributed by atoms with Crippen molar-refractivity contribution in [2.75, 3.05) is 6.61 Å². The van der Waals surface area contributed by atoms with Gasteiger partial charge in [0.15, 0.2) is 18.0 Å². The molecule has 0 bridgehead atoms. The number of esters is 1. The highest BCUT2D eigenvalue weighted by Crippen LogP contribution is 2.28. The molecule has 1 fully saturated rings. The van der Waals surface area contributed by atoms with Gasteiger partial charge in [0.05, 0.1) is 6.61 Å². The molecule has 6 heteroatoms. The number of aliphatic carboxylic acids is 1. The smallest absolute Gasteiger partial charge is 0.338 e. The summed E-state index contributed by atoms with van der Waals surface area (Å²) in [5, 5.41) is 8.82. The average Bonchev–Trinajstić information content (AvgIpc) is 2.42. The summed E-state index contributed by atoms with van der Waals surface area (Å²) in [6, 6.07) is 0. The fourth-order valence-corrected chi connectivity index (χ4v) is 1.34. The summed E-state index contributed by atoms with van der Waals surface area (Å²) >= 11 is 0. The highest BCUT2D eigenvalue weighted by atomic mass is 16.8. The van der Waals surface area contributed by atoms with Crippen LogP contribution in [0, 0.1) is 0 Å². The molecule has 0 radical (unpaired) electrons. The molecular formula is C9H14O6. The Morgan fingerprint density at radius 2 is 1.87 bits per heavy atom. The lowest BCUT2D eigenvalue weighted by Gasteiger charge is -2.15. The van der Waals surface area contributed by atoms with Crippen LogP contribution in [0.3, 0.4) is 0 Å². The number of rotatable bonds is 3. The molecule has 0 aromatic carbocycles. The molecule has 0 aromatic rings. The van der Waals surface area contributed by atoms with Gasteiger partial charge in [0.1, 0.15) is 0 Å². The zero-order valence-electron chi connectivity index (χ0n) is 8.85. The fourth-order valence-electron chi connectivity index (χ4n) is 1.34. The van der Waals surface area contributed by atoms with E-state index in [1.165, 1.54) is 0 Å². The van der Waals surface area contributed by atoms with E-state index in [2.05, 4.69) is 0 Å². The van der Waals surface area contributed by atoms with Gasteiger partial charge >= 0.3 is 11.9 Å². The number of carboxylic acids is 1. The molecule has 0 saturated carbocycles. The minimum Gasteiger partial charge on any atom is -0.479 e. The highest BCUT2D eigenvalue weighted by molar-refractivity contribution is 5.85. The predicted molar refractivity (Wildman–Crippen MR) is 48.1 cm³/mol. The maximum absolute atomic E-state index is 11.4. The van der Waals surface area contributed by atoms with Gasteiger partial charge in [-0.25, -0.2) is 9.59 Å². The number of carbonyl (C=O) groups excluding carboxylic acids is 1. The second-order valence-electron chi connectivity index (χ2n) is 3.57. The van der Waals surface area contributed by atoms with Gasteiger partial charge in [0.25, 0.3) is 0 Å². The Hall–Kier alpha value is -1.14. The molecule has 1 heterocycles. The standard InChI is InChI=1S/C9H14O6/c1-4-13-8(12)6-5(7(10)11)14-9(2,3)15-6/h5-6H,4H2,1-3H3,(H,10,11)/t5-,6-/m0/s1. The van der Waals surface area contributed by atoms with Crippen molar-refractivity contribution in [2.45, 2.75) is 38.8 Å². The van der Waals surface area contributed by atoms with Crippen LogP contribution in [0.2, 0.25) is 0 Å². The van der Waals surface area contributed by atoms with Crippen LogP contribution in [0.15, 0.2) is 0 Å². The third kappa shape index (κ3) is 2.66. The normalized spacial score (nSPS) is 28.7. The average molecular weight is 218 g/mol. The largest absolute Gasteiger partial charge is 0.479 e. The summed E-state index contributed by atoms with van der Waals surface area (Å²) in [7, 11) is 0. The first kappa shape index (κ1) is 11.9. The van der Waals surface area contributed by atoms with Crippen molar-refractivity contribution in [1.29, 1.82) is 0 Å². The summed E-state index contributed by atoms with van der Waals surface area (Å²) in [6.07, 6.45) is -2.50. The predicted octanol–water partition coefficient (Wildman–Crippen LogP) is 0.154. The van der Waals surface area contributed by atoms with Crippen LogP contribution in [0.1, 0.15) is 20.8 Å².